The van der Waals surface area contributed by atoms with Gasteiger partial charge in [0.25, 0.3) is 5.91 Å². The summed E-state index contributed by atoms with van der Waals surface area (Å²) in [6.07, 6.45) is 0. The van der Waals surface area contributed by atoms with E-state index in [-0.39, 0.29) is 5.91 Å². The van der Waals surface area contributed by atoms with Gasteiger partial charge in [-0.15, -0.1) is 0 Å². The second-order valence-electron chi connectivity index (χ2n) is 7.84. The molecule has 0 spiro atoms. The lowest BCUT2D eigenvalue weighted by Crippen LogP contribution is -2.48. The zero-order valence-electron chi connectivity index (χ0n) is 17.7. The summed E-state index contributed by atoms with van der Waals surface area (Å²) in [6, 6.07) is 16.9. The number of amides is 1. The number of halogens is 4. The number of carbonyl (C=O) groups is 1. The van der Waals surface area contributed by atoms with E-state index >= 15 is 0 Å². The van der Waals surface area contributed by atoms with Crippen LogP contribution in [0.2, 0.25) is 5.02 Å². The molecule has 1 fully saturated rings. The van der Waals surface area contributed by atoms with Gasteiger partial charge in [0.15, 0.2) is 11.6 Å². The van der Waals surface area contributed by atoms with E-state index in [1.165, 1.54) is 6.07 Å². The number of rotatable bonds is 6. The molecule has 0 bridgehead atoms. The molecule has 1 saturated heterocycles. The Morgan fingerprint density at radius 2 is 1.73 bits per heavy atom. The largest absolute Gasteiger partial charge is 0.487 e. The lowest BCUT2D eigenvalue weighted by atomic mass is 10.1. The smallest absolute Gasteiger partial charge is 0.253 e. The minimum Gasteiger partial charge on any atom is -0.487 e. The Morgan fingerprint density at radius 3 is 2.42 bits per heavy atom. The fourth-order valence-electron chi connectivity index (χ4n) is 3.70. The number of piperazine rings is 1. The highest BCUT2D eigenvalue weighted by molar-refractivity contribution is 9.10. The number of ether oxygens (including phenoxy) is 1. The summed E-state index contributed by atoms with van der Waals surface area (Å²) in [6.45, 7) is 2.92. The van der Waals surface area contributed by atoms with Gasteiger partial charge in [0.1, 0.15) is 12.4 Å². The molecule has 33 heavy (non-hydrogen) atoms. The molecule has 1 aliphatic heterocycles. The maximum atomic E-state index is 13.9. The van der Waals surface area contributed by atoms with E-state index in [9.17, 15) is 13.6 Å². The summed E-state index contributed by atoms with van der Waals surface area (Å²) < 4.78 is 34.0. The van der Waals surface area contributed by atoms with Crippen molar-refractivity contribution in [1.29, 1.82) is 0 Å². The summed E-state index contributed by atoms with van der Waals surface area (Å²) in [4.78, 5) is 16.7. The van der Waals surface area contributed by atoms with Gasteiger partial charge in [-0.25, -0.2) is 8.78 Å². The molecule has 4 rings (SSSR count). The third-order valence-electron chi connectivity index (χ3n) is 5.57. The van der Waals surface area contributed by atoms with Crippen molar-refractivity contribution in [2.45, 2.75) is 13.2 Å². The summed E-state index contributed by atoms with van der Waals surface area (Å²) in [7, 11) is 0. The molecule has 8 heteroatoms. The molecule has 1 heterocycles. The third kappa shape index (κ3) is 5.91. The molecule has 0 aromatic heterocycles. The highest BCUT2D eigenvalue weighted by Gasteiger charge is 2.23. The lowest BCUT2D eigenvalue weighted by Gasteiger charge is -2.34. The van der Waals surface area contributed by atoms with Gasteiger partial charge in [0.2, 0.25) is 0 Å². The van der Waals surface area contributed by atoms with E-state index in [1.54, 1.807) is 35.2 Å². The molecule has 0 atom stereocenters. The van der Waals surface area contributed by atoms with Crippen LogP contribution >= 0.6 is 27.5 Å². The first-order valence-corrected chi connectivity index (χ1v) is 11.7. The van der Waals surface area contributed by atoms with Crippen LogP contribution in [0, 0.1) is 11.6 Å². The molecule has 0 N–H and O–H groups in total. The zero-order valence-corrected chi connectivity index (χ0v) is 20.1. The van der Waals surface area contributed by atoms with Crippen LogP contribution in [0.3, 0.4) is 0 Å². The predicted molar refractivity (Wildman–Crippen MR) is 127 cm³/mol. The van der Waals surface area contributed by atoms with Crippen molar-refractivity contribution in [3.63, 3.8) is 0 Å². The average Bonchev–Trinajstić information content (AvgIpc) is 2.82. The number of carbonyl (C=O) groups excluding carboxylic acids is 1. The van der Waals surface area contributed by atoms with E-state index in [1.807, 2.05) is 23.1 Å². The van der Waals surface area contributed by atoms with Gasteiger partial charge in [-0.05, 0) is 42.0 Å². The summed E-state index contributed by atoms with van der Waals surface area (Å²) in [5.74, 6) is -1.09. The first-order valence-electron chi connectivity index (χ1n) is 10.5. The first kappa shape index (κ1) is 23.7. The normalized spacial score (nSPS) is 14.4. The lowest BCUT2D eigenvalue weighted by molar-refractivity contribution is 0.0627. The Hall–Kier alpha value is -2.48. The molecule has 0 saturated carbocycles. The van der Waals surface area contributed by atoms with Crippen molar-refractivity contribution in [1.82, 2.24) is 9.80 Å². The van der Waals surface area contributed by atoms with Crippen molar-refractivity contribution < 1.29 is 18.3 Å². The quantitative estimate of drug-likeness (QED) is 0.393. The molecule has 1 aliphatic rings. The Morgan fingerprint density at radius 1 is 1.00 bits per heavy atom. The van der Waals surface area contributed by atoms with Crippen molar-refractivity contribution in [2.24, 2.45) is 0 Å². The molecule has 1 amide bonds. The van der Waals surface area contributed by atoms with E-state index in [2.05, 4.69) is 15.9 Å². The average molecular weight is 536 g/mol. The van der Waals surface area contributed by atoms with Gasteiger partial charge >= 0.3 is 0 Å². The van der Waals surface area contributed by atoms with Gasteiger partial charge in [0.05, 0.1) is 5.02 Å². The minimum atomic E-state index is -0.838. The monoisotopic (exact) mass is 534 g/mol. The fraction of sp³-hybridized carbons (Fsp3) is 0.240. The SMILES string of the molecule is O=C(c1ccc(COc2ccc(Br)cc2Cl)cc1)N1CCN(Cc2cccc(F)c2F)CC1. The number of hydrogen-bond donors (Lipinski definition) is 0. The molecule has 3 aromatic carbocycles. The second kappa shape index (κ2) is 10.6. The maximum Gasteiger partial charge on any atom is 0.253 e. The van der Waals surface area contributed by atoms with Crippen molar-refractivity contribution in [2.75, 3.05) is 26.2 Å². The summed E-state index contributed by atoms with van der Waals surface area (Å²) >= 11 is 9.54. The van der Waals surface area contributed by atoms with Gasteiger partial charge in [0, 0.05) is 48.3 Å². The second-order valence-corrected chi connectivity index (χ2v) is 9.16. The Labute approximate surface area is 204 Å². The molecule has 172 valence electrons. The minimum absolute atomic E-state index is 0.0463. The molecular weight excluding hydrogens is 514 g/mol. The summed E-state index contributed by atoms with van der Waals surface area (Å²) in [5.41, 5.74) is 1.86. The topological polar surface area (TPSA) is 32.8 Å². The van der Waals surface area contributed by atoms with Crippen LogP contribution in [-0.2, 0) is 13.2 Å². The molecule has 3 aromatic rings. The highest BCUT2D eigenvalue weighted by atomic mass is 79.9. The zero-order chi connectivity index (χ0) is 23.4. The van der Waals surface area contributed by atoms with Crippen LogP contribution in [0.5, 0.6) is 5.75 Å². The van der Waals surface area contributed by atoms with E-state index in [4.69, 9.17) is 16.3 Å². The molecule has 0 radical (unpaired) electrons. The number of benzene rings is 3. The van der Waals surface area contributed by atoms with Crippen LogP contribution in [0.25, 0.3) is 0 Å². The predicted octanol–water partition coefficient (Wildman–Crippen LogP) is 5.92. The molecule has 0 unspecified atom stereocenters. The molecule has 0 aliphatic carbocycles. The fourth-order valence-corrected chi connectivity index (χ4v) is 4.43. The first-order chi connectivity index (χ1) is 15.9. The van der Waals surface area contributed by atoms with Crippen molar-refractivity contribution in [3.8, 4) is 5.75 Å². The highest BCUT2D eigenvalue weighted by Crippen LogP contribution is 2.28. The number of nitrogens with zero attached hydrogens (tertiary/aromatic N) is 2. The van der Waals surface area contributed by atoms with Gasteiger partial charge < -0.3 is 9.64 Å². The third-order valence-corrected chi connectivity index (χ3v) is 6.36. The summed E-state index contributed by atoms with van der Waals surface area (Å²) in [5, 5.41) is 0.524. The van der Waals surface area contributed by atoms with Crippen LogP contribution < -0.4 is 4.74 Å². The van der Waals surface area contributed by atoms with E-state index < -0.39 is 11.6 Å². The van der Waals surface area contributed by atoms with Crippen LogP contribution in [0.1, 0.15) is 21.5 Å². The van der Waals surface area contributed by atoms with E-state index in [0.29, 0.717) is 61.2 Å². The Kier molecular flexibility index (Phi) is 7.63. The maximum absolute atomic E-state index is 13.9. The Bertz CT molecular complexity index is 1140. The molecule has 4 nitrogen and oxygen atoms in total. The Balaban J connectivity index is 1.29. The van der Waals surface area contributed by atoms with Crippen LogP contribution in [0.4, 0.5) is 8.78 Å². The standard InChI is InChI=1S/C25H22BrClF2N2O2/c26-20-8-9-23(21(27)14-20)33-16-17-4-6-18(7-5-17)25(32)31-12-10-30(11-13-31)15-19-2-1-3-22(28)24(19)29/h1-9,14H,10-13,15-16H2. The van der Waals surface area contributed by atoms with Crippen molar-refractivity contribution in [3.05, 3.63) is 98.5 Å². The van der Waals surface area contributed by atoms with Gasteiger partial charge in [-0.2, -0.15) is 0 Å². The van der Waals surface area contributed by atoms with E-state index in [0.717, 1.165) is 16.1 Å². The molecular formula is C25H22BrClF2N2O2. The van der Waals surface area contributed by atoms with Crippen molar-refractivity contribution >= 4 is 33.4 Å². The van der Waals surface area contributed by atoms with Crippen LogP contribution in [-0.4, -0.2) is 41.9 Å². The van der Waals surface area contributed by atoms with Gasteiger partial charge in [-0.3, -0.25) is 9.69 Å². The van der Waals surface area contributed by atoms with Gasteiger partial charge in [-0.1, -0.05) is 51.8 Å². The van der Waals surface area contributed by atoms with Crippen LogP contribution in [0.15, 0.2) is 65.1 Å². The number of hydrogen-bond acceptors (Lipinski definition) is 3.